The summed E-state index contributed by atoms with van der Waals surface area (Å²) in [5, 5.41) is 19.6. The SMILES string of the molecule is COc1ccc2c(c1)C(CCCO)(CC(=O)O)C(C)N2C(=O)c1ccc(Cl)cc1. The lowest BCUT2D eigenvalue weighted by molar-refractivity contribution is -0.138. The van der Waals surface area contributed by atoms with Crippen molar-refractivity contribution in [2.75, 3.05) is 18.6 Å². The molecule has 1 heterocycles. The Morgan fingerprint density at radius 2 is 1.90 bits per heavy atom. The van der Waals surface area contributed by atoms with Gasteiger partial charge >= 0.3 is 5.97 Å². The Bertz CT molecular complexity index is 914. The highest BCUT2D eigenvalue weighted by molar-refractivity contribution is 6.30. The van der Waals surface area contributed by atoms with Gasteiger partial charge in [0, 0.05) is 34.3 Å². The number of carboxylic acids is 1. The Labute approximate surface area is 174 Å². The van der Waals surface area contributed by atoms with E-state index in [9.17, 15) is 19.8 Å². The number of anilines is 1. The third-order valence-electron chi connectivity index (χ3n) is 5.74. The van der Waals surface area contributed by atoms with Crippen molar-refractivity contribution in [1.29, 1.82) is 0 Å². The van der Waals surface area contributed by atoms with Crippen molar-refractivity contribution in [3.8, 4) is 5.75 Å². The number of methoxy groups -OCH3 is 1. The van der Waals surface area contributed by atoms with Crippen molar-refractivity contribution in [3.63, 3.8) is 0 Å². The molecule has 1 aliphatic rings. The van der Waals surface area contributed by atoms with Gasteiger partial charge in [-0.1, -0.05) is 11.6 Å². The molecule has 3 rings (SSSR count). The van der Waals surface area contributed by atoms with E-state index in [0.717, 1.165) is 5.56 Å². The van der Waals surface area contributed by atoms with Crippen LogP contribution in [0.3, 0.4) is 0 Å². The molecule has 0 saturated heterocycles. The van der Waals surface area contributed by atoms with Gasteiger partial charge in [0.15, 0.2) is 0 Å². The number of aliphatic carboxylic acids is 1. The minimum absolute atomic E-state index is 0.0570. The first-order chi connectivity index (χ1) is 13.8. The zero-order chi connectivity index (χ0) is 21.2. The van der Waals surface area contributed by atoms with Crippen LogP contribution < -0.4 is 9.64 Å². The number of aliphatic hydroxyl groups is 1. The van der Waals surface area contributed by atoms with Crippen molar-refractivity contribution >= 4 is 29.2 Å². The first kappa shape index (κ1) is 21.1. The third kappa shape index (κ3) is 3.82. The van der Waals surface area contributed by atoms with Crippen LogP contribution in [-0.4, -0.2) is 41.8 Å². The van der Waals surface area contributed by atoms with E-state index in [1.54, 1.807) is 54.5 Å². The lowest BCUT2D eigenvalue weighted by atomic mass is 9.71. The molecule has 0 saturated carbocycles. The molecule has 7 heteroatoms. The fourth-order valence-electron chi connectivity index (χ4n) is 4.29. The van der Waals surface area contributed by atoms with Gasteiger partial charge in [-0.3, -0.25) is 9.59 Å². The van der Waals surface area contributed by atoms with Gasteiger partial charge in [-0.15, -0.1) is 0 Å². The fraction of sp³-hybridized carbons (Fsp3) is 0.364. The molecule has 154 valence electrons. The van der Waals surface area contributed by atoms with Gasteiger partial charge in [0.05, 0.1) is 13.5 Å². The lowest BCUT2D eigenvalue weighted by Gasteiger charge is -2.35. The molecule has 1 amide bonds. The molecule has 0 aromatic heterocycles. The summed E-state index contributed by atoms with van der Waals surface area (Å²) >= 11 is 5.95. The summed E-state index contributed by atoms with van der Waals surface area (Å²) in [6, 6.07) is 11.6. The Kier molecular flexibility index (Phi) is 6.15. The van der Waals surface area contributed by atoms with Crippen molar-refractivity contribution < 1.29 is 24.5 Å². The molecule has 0 fully saturated rings. The van der Waals surface area contributed by atoms with Crippen LogP contribution in [0.4, 0.5) is 5.69 Å². The number of hydrogen-bond acceptors (Lipinski definition) is 4. The molecule has 0 bridgehead atoms. The summed E-state index contributed by atoms with van der Waals surface area (Å²) in [6.07, 6.45) is 0.706. The molecule has 2 aromatic rings. The van der Waals surface area contributed by atoms with E-state index in [-0.39, 0.29) is 18.9 Å². The zero-order valence-electron chi connectivity index (χ0n) is 16.4. The summed E-state index contributed by atoms with van der Waals surface area (Å²) in [5.41, 5.74) is 1.05. The molecule has 2 N–H and O–H groups in total. The first-order valence-corrected chi connectivity index (χ1v) is 9.82. The van der Waals surface area contributed by atoms with Crippen molar-refractivity contribution in [3.05, 3.63) is 58.6 Å². The topological polar surface area (TPSA) is 87.1 Å². The molecule has 6 nitrogen and oxygen atoms in total. The van der Waals surface area contributed by atoms with Crippen molar-refractivity contribution in [2.24, 2.45) is 0 Å². The number of benzene rings is 2. The van der Waals surface area contributed by atoms with Crippen LogP contribution in [0.2, 0.25) is 5.02 Å². The Morgan fingerprint density at radius 3 is 2.48 bits per heavy atom. The number of carbonyl (C=O) groups is 2. The van der Waals surface area contributed by atoms with Gasteiger partial charge < -0.3 is 19.8 Å². The van der Waals surface area contributed by atoms with Gasteiger partial charge in [-0.2, -0.15) is 0 Å². The van der Waals surface area contributed by atoms with Crippen LogP contribution in [0.15, 0.2) is 42.5 Å². The number of nitrogens with zero attached hydrogens (tertiary/aromatic N) is 1. The Hall–Kier alpha value is -2.57. The van der Waals surface area contributed by atoms with Gasteiger partial charge in [0.1, 0.15) is 5.75 Å². The van der Waals surface area contributed by atoms with Crippen LogP contribution in [0.5, 0.6) is 5.75 Å². The second-order valence-electron chi connectivity index (χ2n) is 7.29. The number of aliphatic hydroxyl groups excluding tert-OH is 1. The summed E-state index contributed by atoms with van der Waals surface area (Å²) in [4.78, 5) is 26.8. The number of fused-ring (bicyclic) bond motifs is 1. The minimum Gasteiger partial charge on any atom is -0.497 e. The molecule has 0 aliphatic carbocycles. The van der Waals surface area contributed by atoms with Crippen LogP contribution in [0.1, 0.15) is 42.1 Å². The molecule has 2 aromatic carbocycles. The van der Waals surface area contributed by atoms with Crippen LogP contribution in [0, 0.1) is 0 Å². The number of ether oxygens (including phenoxy) is 1. The second-order valence-corrected chi connectivity index (χ2v) is 7.73. The van der Waals surface area contributed by atoms with Crippen LogP contribution in [-0.2, 0) is 10.2 Å². The van der Waals surface area contributed by atoms with Crippen molar-refractivity contribution in [2.45, 2.75) is 37.6 Å². The lowest BCUT2D eigenvalue weighted by Crippen LogP contribution is -2.46. The molecule has 2 unspecified atom stereocenters. The summed E-state index contributed by atoms with van der Waals surface area (Å²) in [7, 11) is 1.54. The summed E-state index contributed by atoms with van der Waals surface area (Å²) < 4.78 is 5.36. The number of hydrogen-bond donors (Lipinski definition) is 2. The minimum atomic E-state index is -0.954. The number of carboxylic acid groups (broad SMARTS) is 1. The quantitative estimate of drug-likeness (QED) is 0.713. The Morgan fingerprint density at radius 1 is 1.21 bits per heavy atom. The number of halogens is 1. The fourth-order valence-corrected chi connectivity index (χ4v) is 4.41. The highest BCUT2D eigenvalue weighted by atomic mass is 35.5. The van der Waals surface area contributed by atoms with E-state index < -0.39 is 17.4 Å². The predicted molar refractivity (Wildman–Crippen MR) is 111 cm³/mol. The highest BCUT2D eigenvalue weighted by Crippen LogP contribution is 2.51. The zero-order valence-corrected chi connectivity index (χ0v) is 17.1. The normalized spacial score (nSPS) is 20.4. The highest BCUT2D eigenvalue weighted by Gasteiger charge is 2.51. The maximum Gasteiger partial charge on any atom is 0.304 e. The largest absolute Gasteiger partial charge is 0.497 e. The van der Waals surface area contributed by atoms with E-state index in [1.807, 2.05) is 6.92 Å². The van der Waals surface area contributed by atoms with E-state index in [4.69, 9.17) is 16.3 Å². The molecule has 0 radical (unpaired) electrons. The molecular formula is C22H24ClNO5. The van der Waals surface area contributed by atoms with Gasteiger partial charge in [0.2, 0.25) is 0 Å². The number of amides is 1. The average molecular weight is 418 g/mol. The number of carbonyl (C=O) groups excluding carboxylic acids is 1. The molecule has 0 spiro atoms. The maximum absolute atomic E-state index is 13.4. The van der Waals surface area contributed by atoms with Crippen LogP contribution >= 0.6 is 11.6 Å². The average Bonchev–Trinajstić information content (AvgIpc) is 2.93. The number of rotatable bonds is 7. The molecule has 29 heavy (non-hydrogen) atoms. The predicted octanol–water partition coefficient (Wildman–Crippen LogP) is 3.88. The van der Waals surface area contributed by atoms with Gasteiger partial charge in [0.25, 0.3) is 5.91 Å². The molecule has 1 aliphatic heterocycles. The Balaban J connectivity index is 2.15. The van der Waals surface area contributed by atoms with E-state index in [0.29, 0.717) is 34.9 Å². The van der Waals surface area contributed by atoms with Gasteiger partial charge in [-0.05, 0) is 67.8 Å². The van der Waals surface area contributed by atoms with Crippen molar-refractivity contribution in [1.82, 2.24) is 0 Å². The van der Waals surface area contributed by atoms with Gasteiger partial charge in [-0.25, -0.2) is 0 Å². The first-order valence-electron chi connectivity index (χ1n) is 9.44. The van der Waals surface area contributed by atoms with E-state index >= 15 is 0 Å². The van der Waals surface area contributed by atoms with E-state index in [1.165, 1.54) is 0 Å². The van der Waals surface area contributed by atoms with E-state index in [2.05, 4.69) is 0 Å². The molecular weight excluding hydrogens is 394 g/mol. The smallest absolute Gasteiger partial charge is 0.304 e. The summed E-state index contributed by atoms with van der Waals surface area (Å²) in [5.74, 6) is -0.586. The van der Waals surface area contributed by atoms with Crippen LogP contribution in [0.25, 0.3) is 0 Å². The third-order valence-corrected chi connectivity index (χ3v) is 6.00. The second kappa shape index (κ2) is 8.43. The molecule has 2 atom stereocenters. The summed E-state index contributed by atoms with van der Waals surface area (Å²) in [6.45, 7) is 1.80. The maximum atomic E-state index is 13.4. The standard InChI is InChI=1S/C22H24ClNO5/c1-14-22(10-3-11-25,13-20(26)27)18-12-17(29-2)8-9-19(18)24(14)21(28)15-4-6-16(23)7-5-15/h4-9,12,14,25H,3,10-11,13H2,1-2H3,(H,26,27). The monoisotopic (exact) mass is 417 g/mol.